The first-order valence-electron chi connectivity index (χ1n) is 11.3. The van der Waals surface area contributed by atoms with E-state index in [1.165, 1.54) is 16.4 Å². The number of amides is 2. The predicted octanol–water partition coefficient (Wildman–Crippen LogP) is 4.40. The summed E-state index contributed by atoms with van der Waals surface area (Å²) in [6, 6.07) is 2.57. The fourth-order valence-corrected chi connectivity index (χ4v) is 6.57. The van der Waals surface area contributed by atoms with E-state index in [1.54, 1.807) is 46.4 Å². The van der Waals surface area contributed by atoms with Crippen LogP contribution in [-0.2, 0) is 19.6 Å². The fraction of sp³-hybridized carbons (Fsp3) is 0.652. The minimum absolute atomic E-state index is 0.0604. The van der Waals surface area contributed by atoms with Crippen molar-refractivity contribution in [1.82, 2.24) is 10.2 Å². The van der Waals surface area contributed by atoms with E-state index < -0.39 is 27.2 Å². The molecule has 198 valence electrons. The van der Waals surface area contributed by atoms with E-state index in [-0.39, 0.29) is 45.7 Å². The number of nitrogens with one attached hydrogen (secondary N) is 1. The Morgan fingerprint density at radius 1 is 1.11 bits per heavy atom. The van der Waals surface area contributed by atoms with Crippen molar-refractivity contribution in [2.75, 3.05) is 29.8 Å². The lowest BCUT2D eigenvalue weighted by atomic mass is 9.99. The van der Waals surface area contributed by atoms with Crippen molar-refractivity contribution in [2.45, 2.75) is 65.5 Å². The van der Waals surface area contributed by atoms with Gasteiger partial charge in [0.25, 0.3) is 5.91 Å². The van der Waals surface area contributed by atoms with Gasteiger partial charge in [-0.05, 0) is 66.4 Å². The molecule has 9 nitrogen and oxygen atoms in total. The lowest BCUT2D eigenvalue weighted by Gasteiger charge is -2.39. The molecule has 1 aliphatic heterocycles. The van der Waals surface area contributed by atoms with Crippen molar-refractivity contribution in [2.24, 2.45) is 5.92 Å². The lowest BCUT2D eigenvalue weighted by Crippen LogP contribution is -2.49. The molecule has 1 aromatic rings. The third-order valence-corrected chi connectivity index (χ3v) is 8.26. The van der Waals surface area contributed by atoms with Crippen LogP contribution in [0.25, 0.3) is 0 Å². The Labute approximate surface area is 217 Å². The number of rotatable bonds is 6. The Balaban J connectivity index is 2.04. The number of ether oxygens (including phenoxy) is 1. The van der Waals surface area contributed by atoms with Crippen LogP contribution < -0.4 is 9.62 Å². The second-order valence-electron chi connectivity index (χ2n) is 10.7. The minimum Gasteiger partial charge on any atom is -0.506 e. The predicted molar refractivity (Wildman–Crippen MR) is 138 cm³/mol. The van der Waals surface area contributed by atoms with Crippen LogP contribution in [0.15, 0.2) is 12.1 Å². The zero-order valence-electron chi connectivity index (χ0n) is 21.0. The first-order valence-corrected chi connectivity index (χ1v) is 13.7. The zero-order chi connectivity index (χ0) is 26.8. The number of halogens is 2. The molecule has 0 spiro atoms. The second-order valence-corrected chi connectivity index (χ2v) is 13.4. The molecule has 2 amide bonds. The Bertz CT molecular complexity index is 1040. The molecule has 1 aliphatic rings. The fourth-order valence-electron chi connectivity index (χ4n) is 3.90. The molecule has 35 heavy (non-hydrogen) atoms. The van der Waals surface area contributed by atoms with E-state index >= 15 is 0 Å². The topological polar surface area (TPSA) is 116 Å². The molecule has 0 unspecified atom stereocenters. The van der Waals surface area contributed by atoms with Gasteiger partial charge in [0.05, 0.1) is 21.5 Å². The molecule has 1 aromatic carbocycles. The van der Waals surface area contributed by atoms with Crippen LogP contribution >= 0.6 is 23.2 Å². The highest BCUT2D eigenvalue weighted by Gasteiger charge is 2.37. The molecule has 0 bridgehead atoms. The van der Waals surface area contributed by atoms with Crippen LogP contribution in [0.4, 0.5) is 10.5 Å². The maximum atomic E-state index is 13.5. The van der Waals surface area contributed by atoms with Gasteiger partial charge in [0.1, 0.15) is 5.75 Å². The number of phenolic OH excluding ortho intramolecular Hbond substituents is 1. The smallest absolute Gasteiger partial charge is 0.408 e. The number of likely N-dealkylation sites (tertiary alicyclic amines) is 1. The molecular formula is C23H35Cl2N3O6S. The highest BCUT2D eigenvalue weighted by Crippen LogP contribution is 2.40. The Morgan fingerprint density at radius 3 is 2.17 bits per heavy atom. The largest absolute Gasteiger partial charge is 0.506 e. The molecule has 1 heterocycles. The highest BCUT2D eigenvalue weighted by atomic mass is 35.5. The lowest BCUT2D eigenvalue weighted by molar-refractivity contribution is -0.135. The normalized spacial score (nSPS) is 15.6. The number of nitrogens with zero attached hydrogens (tertiary/aromatic N) is 2. The first kappa shape index (κ1) is 29.3. The molecule has 1 saturated heterocycles. The van der Waals surface area contributed by atoms with E-state index in [4.69, 9.17) is 27.9 Å². The van der Waals surface area contributed by atoms with Gasteiger partial charge < -0.3 is 20.1 Å². The summed E-state index contributed by atoms with van der Waals surface area (Å²) in [5.74, 6) is -0.957. The molecule has 2 rings (SSSR count). The number of alkyl carbamates (subject to hydrolysis) is 1. The van der Waals surface area contributed by atoms with Crippen molar-refractivity contribution in [3.8, 4) is 5.75 Å². The second kappa shape index (κ2) is 11.0. The van der Waals surface area contributed by atoms with Gasteiger partial charge in [-0.2, -0.15) is 0 Å². The molecule has 2 N–H and O–H groups in total. The molecule has 12 heteroatoms. The monoisotopic (exact) mass is 551 g/mol. The van der Waals surface area contributed by atoms with Crippen LogP contribution in [0.2, 0.25) is 10.0 Å². The SMILES string of the molecule is CC(C)(C)NC(=O)OCC(=O)N1CCC(CS(=O)(=O)N(c2cc(Cl)c(Cl)cc2O)C(C)(C)C)CC1. The van der Waals surface area contributed by atoms with Crippen molar-refractivity contribution in [3.05, 3.63) is 22.2 Å². The summed E-state index contributed by atoms with van der Waals surface area (Å²) in [4.78, 5) is 25.8. The van der Waals surface area contributed by atoms with Crippen LogP contribution in [0, 0.1) is 5.92 Å². The molecule has 0 radical (unpaired) electrons. The van der Waals surface area contributed by atoms with Crippen LogP contribution in [0.3, 0.4) is 0 Å². The summed E-state index contributed by atoms with van der Waals surface area (Å²) < 4.78 is 33.2. The van der Waals surface area contributed by atoms with Crippen LogP contribution in [-0.4, -0.2) is 67.0 Å². The molecular weight excluding hydrogens is 517 g/mol. The Hall–Kier alpha value is -1.91. The van der Waals surface area contributed by atoms with Gasteiger partial charge in [0.15, 0.2) is 6.61 Å². The number of phenols is 1. The van der Waals surface area contributed by atoms with Crippen molar-refractivity contribution in [3.63, 3.8) is 0 Å². The maximum Gasteiger partial charge on any atom is 0.408 e. The van der Waals surface area contributed by atoms with Gasteiger partial charge in [-0.3, -0.25) is 9.10 Å². The summed E-state index contributed by atoms with van der Waals surface area (Å²) in [7, 11) is -3.87. The number of hydrogen-bond donors (Lipinski definition) is 2. The number of carbonyl (C=O) groups excluding carboxylic acids is 2. The molecule has 0 aliphatic carbocycles. The van der Waals surface area contributed by atoms with Gasteiger partial charge in [0.2, 0.25) is 10.0 Å². The summed E-state index contributed by atoms with van der Waals surface area (Å²) in [5.41, 5.74) is -1.29. The number of benzene rings is 1. The number of anilines is 1. The van der Waals surface area contributed by atoms with Gasteiger partial charge in [-0.15, -0.1) is 0 Å². The summed E-state index contributed by atoms with van der Waals surface area (Å²) in [5, 5.41) is 13.3. The average molecular weight is 553 g/mol. The summed E-state index contributed by atoms with van der Waals surface area (Å²) in [6.45, 7) is 10.9. The highest BCUT2D eigenvalue weighted by molar-refractivity contribution is 7.92. The molecule has 0 aromatic heterocycles. The van der Waals surface area contributed by atoms with Crippen LogP contribution in [0.1, 0.15) is 54.4 Å². The Kier molecular flexibility index (Phi) is 9.22. The zero-order valence-corrected chi connectivity index (χ0v) is 23.4. The number of aromatic hydroxyl groups is 1. The minimum atomic E-state index is -3.87. The van der Waals surface area contributed by atoms with E-state index in [0.717, 1.165) is 0 Å². The quantitative estimate of drug-likeness (QED) is 0.541. The van der Waals surface area contributed by atoms with E-state index in [9.17, 15) is 23.1 Å². The number of carbonyl (C=O) groups is 2. The first-order chi connectivity index (χ1) is 15.9. The van der Waals surface area contributed by atoms with Gasteiger partial charge in [-0.1, -0.05) is 23.2 Å². The van der Waals surface area contributed by atoms with Crippen LogP contribution in [0.5, 0.6) is 5.75 Å². The standard InChI is InChI=1S/C23H35Cl2N3O6S/c1-22(2,3)26-21(31)34-13-20(30)27-9-7-15(8-10-27)14-35(32,33)28(23(4,5)6)18-11-16(24)17(25)12-19(18)29/h11-12,15,29H,7-10,13-14H2,1-6H3,(H,26,31). The van der Waals surface area contributed by atoms with E-state index in [0.29, 0.717) is 25.9 Å². The Morgan fingerprint density at radius 2 is 1.66 bits per heavy atom. The van der Waals surface area contributed by atoms with E-state index in [2.05, 4.69) is 5.32 Å². The third kappa shape index (κ3) is 8.32. The molecule has 0 atom stereocenters. The summed E-state index contributed by atoms with van der Waals surface area (Å²) >= 11 is 12.1. The maximum absolute atomic E-state index is 13.5. The van der Waals surface area contributed by atoms with Gasteiger partial charge in [-0.25, -0.2) is 13.2 Å². The molecule has 1 fully saturated rings. The van der Waals surface area contributed by atoms with Crippen molar-refractivity contribution < 1.29 is 27.9 Å². The average Bonchev–Trinajstić information content (AvgIpc) is 2.68. The summed E-state index contributed by atoms with van der Waals surface area (Å²) in [6.07, 6.45) is 0.286. The number of piperidine rings is 1. The molecule has 0 saturated carbocycles. The van der Waals surface area contributed by atoms with Crippen molar-refractivity contribution in [1.29, 1.82) is 0 Å². The van der Waals surface area contributed by atoms with E-state index in [1.807, 2.05) is 0 Å². The van der Waals surface area contributed by atoms with Gasteiger partial charge >= 0.3 is 6.09 Å². The van der Waals surface area contributed by atoms with Gasteiger partial charge in [0, 0.05) is 30.2 Å². The number of sulfonamides is 1. The number of hydrogen-bond acceptors (Lipinski definition) is 6. The van der Waals surface area contributed by atoms with Crippen molar-refractivity contribution >= 4 is 50.9 Å². The third-order valence-electron chi connectivity index (χ3n) is 5.34.